The van der Waals surface area contributed by atoms with Gasteiger partial charge in [0.25, 0.3) is 5.79 Å². The Morgan fingerprint density at radius 1 is 1.04 bits per heavy atom. The summed E-state index contributed by atoms with van der Waals surface area (Å²) >= 11 is 0. The minimum Gasteiger partial charge on any atom is -0.422 e. The van der Waals surface area contributed by atoms with E-state index in [2.05, 4.69) is 6.92 Å². The lowest BCUT2D eigenvalue weighted by Crippen LogP contribution is -2.51. The molecule has 2 saturated heterocycles. The summed E-state index contributed by atoms with van der Waals surface area (Å²) in [5, 5.41) is 11.8. The van der Waals surface area contributed by atoms with E-state index in [4.69, 9.17) is 9.47 Å². The maximum absolute atomic E-state index is 12.5. The second kappa shape index (κ2) is 6.02. The predicted octanol–water partition coefficient (Wildman–Crippen LogP) is 2.20. The maximum Gasteiger partial charge on any atom is 0.323 e. The highest BCUT2D eigenvalue weighted by Gasteiger charge is 2.57. The van der Waals surface area contributed by atoms with Gasteiger partial charge in [-0.05, 0) is 43.9 Å². The number of nitrogens with zero attached hydrogens (tertiary/aromatic N) is 1. The van der Waals surface area contributed by atoms with Gasteiger partial charge in [0.2, 0.25) is 0 Å². The van der Waals surface area contributed by atoms with Gasteiger partial charge in [0.15, 0.2) is 11.7 Å². The number of Topliss-reactive ketones (excluding diaryl/α,β-unsaturated/α-hetero) is 1. The maximum atomic E-state index is 12.5. The topological polar surface area (TPSA) is 93.1 Å². The van der Waals surface area contributed by atoms with Crippen molar-refractivity contribution in [1.82, 2.24) is 5.06 Å². The summed E-state index contributed by atoms with van der Waals surface area (Å²) in [6.07, 6.45) is 4.56. The molecule has 2 aliphatic carbocycles. The van der Waals surface area contributed by atoms with Crippen LogP contribution in [0.25, 0.3) is 0 Å². The molecule has 2 aliphatic heterocycles. The van der Waals surface area contributed by atoms with Crippen LogP contribution in [0.4, 0.5) is 0 Å². The van der Waals surface area contributed by atoms with Crippen LogP contribution < -0.4 is 0 Å². The van der Waals surface area contributed by atoms with Crippen molar-refractivity contribution in [2.45, 2.75) is 82.6 Å². The Kier molecular flexibility index (Phi) is 4.15. The van der Waals surface area contributed by atoms with E-state index < -0.39 is 35.2 Å². The van der Waals surface area contributed by atoms with Gasteiger partial charge >= 0.3 is 11.9 Å². The first-order valence-corrected chi connectivity index (χ1v) is 9.70. The standard InChI is InChI=1S/C19H27NO6/c1-11-3-5-18(8-11)10-15(21)14(20(18)24)7-13-16(22)25-19(26-17(13)23)6-4-12(2)9-19/h11-14,24H,3-10H2,1-2H3. The Labute approximate surface area is 153 Å². The van der Waals surface area contributed by atoms with Crippen molar-refractivity contribution in [1.29, 1.82) is 0 Å². The van der Waals surface area contributed by atoms with E-state index in [-0.39, 0.29) is 18.6 Å². The smallest absolute Gasteiger partial charge is 0.323 e. The summed E-state index contributed by atoms with van der Waals surface area (Å²) in [5.74, 6) is -2.85. The molecular weight excluding hydrogens is 338 g/mol. The lowest BCUT2D eigenvalue weighted by atomic mass is 9.93. The van der Waals surface area contributed by atoms with Gasteiger partial charge < -0.3 is 14.7 Å². The molecule has 4 rings (SSSR count). The third-order valence-electron chi connectivity index (χ3n) is 6.77. The molecule has 144 valence electrons. The first kappa shape index (κ1) is 17.9. The average Bonchev–Trinajstić information content (AvgIpc) is 3.16. The molecule has 2 spiro atoms. The zero-order valence-electron chi connectivity index (χ0n) is 15.4. The van der Waals surface area contributed by atoms with E-state index in [1.807, 2.05) is 6.92 Å². The van der Waals surface area contributed by atoms with Crippen LogP contribution in [-0.2, 0) is 23.9 Å². The fourth-order valence-electron chi connectivity index (χ4n) is 5.39. The summed E-state index contributed by atoms with van der Waals surface area (Å²) in [6, 6.07) is -0.845. The van der Waals surface area contributed by atoms with E-state index in [0.29, 0.717) is 24.7 Å². The molecular formula is C19H27NO6. The number of ketones is 1. The van der Waals surface area contributed by atoms with Crippen LogP contribution in [-0.4, -0.2) is 45.4 Å². The molecule has 0 aromatic carbocycles. The second-order valence-electron chi connectivity index (χ2n) is 8.96. The van der Waals surface area contributed by atoms with Gasteiger partial charge in [-0.3, -0.25) is 14.4 Å². The molecule has 1 N–H and O–H groups in total. The molecule has 4 aliphatic rings. The summed E-state index contributed by atoms with van der Waals surface area (Å²) in [5.41, 5.74) is -0.536. The Morgan fingerprint density at radius 3 is 2.19 bits per heavy atom. The Hall–Kier alpha value is -1.47. The molecule has 4 unspecified atom stereocenters. The fourth-order valence-corrected chi connectivity index (χ4v) is 5.39. The summed E-state index contributed by atoms with van der Waals surface area (Å²) in [6.45, 7) is 4.14. The monoisotopic (exact) mass is 365 g/mol. The number of rotatable bonds is 2. The van der Waals surface area contributed by atoms with Crippen molar-refractivity contribution in [2.24, 2.45) is 17.8 Å². The second-order valence-corrected chi connectivity index (χ2v) is 8.96. The van der Waals surface area contributed by atoms with E-state index in [1.54, 1.807) is 0 Å². The van der Waals surface area contributed by atoms with E-state index >= 15 is 0 Å². The highest BCUT2D eigenvalue weighted by Crippen LogP contribution is 2.47. The molecule has 4 atom stereocenters. The molecule has 0 bridgehead atoms. The molecule has 0 aromatic rings. The van der Waals surface area contributed by atoms with Crippen LogP contribution in [0.1, 0.15) is 65.2 Å². The van der Waals surface area contributed by atoms with Crippen LogP contribution >= 0.6 is 0 Å². The van der Waals surface area contributed by atoms with Crippen molar-refractivity contribution in [3.05, 3.63) is 0 Å². The Bertz CT molecular complexity index is 630. The van der Waals surface area contributed by atoms with Gasteiger partial charge in [-0.15, -0.1) is 0 Å². The van der Waals surface area contributed by atoms with E-state index in [0.717, 1.165) is 30.7 Å². The molecule has 2 heterocycles. The quantitative estimate of drug-likeness (QED) is 0.592. The van der Waals surface area contributed by atoms with Gasteiger partial charge in [0.1, 0.15) is 0 Å². The van der Waals surface area contributed by atoms with Crippen LogP contribution in [0, 0.1) is 17.8 Å². The highest BCUT2D eigenvalue weighted by molar-refractivity contribution is 5.98. The zero-order chi connectivity index (χ0) is 18.7. The van der Waals surface area contributed by atoms with Gasteiger partial charge in [-0.25, -0.2) is 0 Å². The van der Waals surface area contributed by atoms with Crippen LogP contribution in [0.15, 0.2) is 0 Å². The van der Waals surface area contributed by atoms with E-state index in [9.17, 15) is 19.6 Å². The highest BCUT2D eigenvalue weighted by atomic mass is 16.7. The van der Waals surface area contributed by atoms with Gasteiger partial charge in [-0.2, -0.15) is 5.06 Å². The lowest BCUT2D eigenvalue weighted by molar-refractivity contribution is -0.252. The molecule has 0 radical (unpaired) electrons. The third kappa shape index (κ3) is 2.76. The van der Waals surface area contributed by atoms with Gasteiger partial charge in [-0.1, -0.05) is 13.8 Å². The number of esters is 2. The largest absolute Gasteiger partial charge is 0.422 e. The van der Waals surface area contributed by atoms with Crippen LogP contribution in [0.3, 0.4) is 0 Å². The minimum atomic E-state index is -1.14. The number of hydrogen-bond donors (Lipinski definition) is 1. The normalized spacial score (nSPS) is 46.3. The Morgan fingerprint density at radius 2 is 1.65 bits per heavy atom. The Balaban J connectivity index is 1.47. The number of hydroxylamine groups is 2. The number of hydrogen-bond acceptors (Lipinski definition) is 7. The average molecular weight is 365 g/mol. The molecule has 2 saturated carbocycles. The predicted molar refractivity (Wildman–Crippen MR) is 88.8 cm³/mol. The summed E-state index contributed by atoms with van der Waals surface area (Å²) in [4.78, 5) is 37.5. The molecule has 7 nitrogen and oxygen atoms in total. The van der Waals surface area contributed by atoms with Crippen molar-refractivity contribution < 1.29 is 29.1 Å². The number of ether oxygens (including phenoxy) is 2. The first-order valence-electron chi connectivity index (χ1n) is 9.70. The van der Waals surface area contributed by atoms with Crippen LogP contribution in [0.5, 0.6) is 0 Å². The molecule has 4 fully saturated rings. The third-order valence-corrected chi connectivity index (χ3v) is 6.77. The number of carbonyl (C=O) groups excluding carboxylic acids is 3. The summed E-state index contributed by atoms with van der Waals surface area (Å²) in [7, 11) is 0. The lowest BCUT2D eigenvalue weighted by Gasteiger charge is -2.37. The van der Waals surface area contributed by atoms with E-state index in [1.165, 1.54) is 0 Å². The fraction of sp³-hybridized carbons (Fsp3) is 0.842. The zero-order valence-corrected chi connectivity index (χ0v) is 15.4. The first-order chi connectivity index (χ1) is 12.2. The SMILES string of the molecule is CC1CCC2(C1)OC(=O)C(CC1C(=O)CC3(CCC(C)C3)N1O)C(=O)O2. The molecule has 26 heavy (non-hydrogen) atoms. The summed E-state index contributed by atoms with van der Waals surface area (Å²) < 4.78 is 11.0. The van der Waals surface area contributed by atoms with Crippen molar-refractivity contribution >= 4 is 17.7 Å². The van der Waals surface area contributed by atoms with Crippen molar-refractivity contribution in [2.75, 3.05) is 0 Å². The molecule has 0 aromatic heterocycles. The molecule has 7 heteroatoms. The van der Waals surface area contributed by atoms with Crippen molar-refractivity contribution in [3.8, 4) is 0 Å². The minimum absolute atomic E-state index is 0.0746. The number of carbonyl (C=O) groups is 3. The van der Waals surface area contributed by atoms with Gasteiger partial charge in [0.05, 0.1) is 11.6 Å². The van der Waals surface area contributed by atoms with Crippen LogP contribution in [0.2, 0.25) is 0 Å². The molecule has 0 amide bonds. The van der Waals surface area contributed by atoms with Gasteiger partial charge in [0, 0.05) is 19.3 Å². The van der Waals surface area contributed by atoms with Crippen molar-refractivity contribution in [3.63, 3.8) is 0 Å².